The van der Waals surface area contributed by atoms with Crippen molar-refractivity contribution in [2.24, 2.45) is 0 Å². The van der Waals surface area contributed by atoms with Gasteiger partial charge in [0.05, 0.1) is 6.42 Å². The molecule has 0 atom stereocenters. The fourth-order valence-electron chi connectivity index (χ4n) is 1.99. The summed E-state index contributed by atoms with van der Waals surface area (Å²) < 4.78 is 1.94. The summed E-state index contributed by atoms with van der Waals surface area (Å²) in [7, 11) is 0. The first-order valence-corrected chi connectivity index (χ1v) is 6.05. The molecule has 6 heteroatoms. The maximum Gasteiger partial charge on any atom is 0.230 e. The SMILES string of the molecule is CC(C)n1cnnc1CC(=O)N1CCNCC1. The third-order valence-electron chi connectivity index (χ3n) is 2.98. The van der Waals surface area contributed by atoms with Crippen molar-refractivity contribution in [3.8, 4) is 0 Å². The number of rotatable bonds is 3. The van der Waals surface area contributed by atoms with Gasteiger partial charge in [0.25, 0.3) is 0 Å². The molecule has 1 amide bonds. The van der Waals surface area contributed by atoms with Gasteiger partial charge in [-0.15, -0.1) is 10.2 Å². The molecule has 1 saturated heterocycles. The number of hydrogen-bond donors (Lipinski definition) is 1. The number of amides is 1. The smallest absolute Gasteiger partial charge is 0.230 e. The first kappa shape index (κ1) is 12.0. The number of carbonyl (C=O) groups excluding carboxylic acids is 1. The van der Waals surface area contributed by atoms with Crippen LogP contribution in [0.1, 0.15) is 25.7 Å². The van der Waals surface area contributed by atoms with E-state index in [-0.39, 0.29) is 11.9 Å². The molecule has 0 radical (unpaired) electrons. The van der Waals surface area contributed by atoms with Crippen LogP contribution >= 0.6 is 0 Å². The van der Waals surface area contributed by atoms with Crippen molar-refractivity contribution in [2.75, 3.05) is 26.2 Å². The highest BCUT2D eigenvalue weighted by molar-refractivity contribution is 5.78. The standard InChI is InChI=1S/C11H19N5O/c1-9(2)16-8-13-14-10(16)7-11(17)15-5-3-12-4-6-15/h8-9,12H,3-7H2,1-2H3. The molecule has 2 rings (SSSR count). The van der Waals surface area contributed by atoms with E-state index >= 15 is 0 Å². The fraction of sp³-hybridized carbons (Fsp3) is 0.727. The van der Waals surface area contributed by atoms with E-state index in [9.17, 15) is 4.79 Å². The number of nitrogens with one attached hydrogen (secondary N) is 1. The molecule has 1 aliphatic rings. The third kappa shape index (κ3) is 2.82. The lowest BCUT2D eigenvalue weighted by Gasteiger charge is -2.27. The van der Waals surface area contributed by atoms with Crippen molar-refractivity contribution in [3.63, 3.8) is 0 Å². The molecule has 0 spiro atoms. The molecule has 17 heavy (non-hydrogen) atoms. The molecule has 2 heterocycles. The van der Waals surface area contributed by atoms with Crippen LogP contribution in [0, 0.1) is 0 Å². The predicted molar refractivity (Wildman–Crippen MR) is 63.6 cm³/mol. The number of nitrogens with zero attached hydrogens (tertiary/aromatic N) is 4. The lowest BCUT2D eigenvalue weighted by molar-refractivity contribution is -0.131. The van der Waals surface area contributed by atoms with Crippen LogP contribution in [0.2, 0.25) is 0 Å². The molecule has 0 aliphatic carbocycles. The molecule has 94 valence electrons. The summed E-state index contributed by atoms with van der Waals surface area (Å²) in [6.45, 7) is 7.44. The largest absolute Gasteiger partial charge is 0.340 e. The predicted octanol–water partition coefficient (Wildman–Crippen LogP) is -0.167. The van der Waals surface area contributed by atoms with E-state index < -0.39 is 0 Å². The van der Waals surface area contributed by atoms with Gasteiger partial charge in [0.2, 0.25) is 5.91 Å². The minimum Gasteiger partial charge on any atom is -0.340 e. The van der Waals surface area contributed by atoms with Crippen molar-refractivity contribution in [2.45, 2.75) is 26.3 Å². The second-order valence-corrected chi connectivity index (χ2v) is 4.56. The molecule has 0 bridgehead atoms. The number of piperazine rings is 1. The van der Waals surface area contributed by atoms with Gasteiger partial charge < -0.3 is 14.8 Å². The van der Waals surface area contributed by atoms with Crippen LogP contribution in [0.25, 0.3) is 0 Å². The van der Waals surface area contributed by atoms with E-state index in [1.807, 2.05) is 9.47 Å². The molecule has 0 saturated carbocycles. The minimum atomic E-state index is 0.140. The van der Waals surface area contributed by atoms with E-state index in [0.717, 1.165) is 32.0 Å². The molecule has 1 aromatic rings. The fourth-order valence-corrected chi connectivity index (χ4v) is 1.99. The molecule has 0 unspecified atom stereocenters. The number of carbonyl (C=O) groups is 1. The van der Waals surface area contributed by atoms with Gasteiger partial charge >= 0.3 is 0 Å². The lowest BCUT2D eigenvalue weighted by Crippen LogP contribution is -2.47. The van der Waals surface area contributed by atoms with Gasteiger partial charge in [-0.2, -0.15) is 0 Å². The Labute approximate surface area is 101 Å². The number of aromatic nitrogens is 3. The average molecular weight is 237 g/mol. The minimum absolute atomic E-state index is 0.140. The lowest BCUT2D eigenvalue weighted by atomic mass is 10.3. The zero-order chi connectivity index (χ0) is 12.3. The molecule has 1 N–H and O–H groups in total. The average Bonchev–Trinajstić information content (AvgIpc) is 2.78. The molecule has 6 nitrogen and oxygen atoms in total. The summed E-state index contributed by atoms with van der Waals surface area (Å²) >= 11 is 0. The highest BCUT2D eigenvalue weighted by Crippen LogP contribution is 2.08. The van der Waals surface area contributed by atoms with E-state index in [1.165, 1.54) is 0 Å². The Morgan fingerprint density at radius 3 is 2.82 bits per heavy atom. The molecular formula is C11H19N5O. The van der Waals surface area contributed by atoms with Crippen molar-refractivity contribution >= 4 is 5.91 Å². The van der Waals surface area contributed by atoms with Crippen molar-refractivity contribution < 1.29 is 4.79 Å². The maximum atomic E-state index is 12.1. The van der Waals surface area contributed by atoms with Crippen molar-refractivity contribution in [1.82, 2.24) is 25.0 Å². The Hall–Kier alpha value is -1.43. The van der Waals surface area contributed by atoms with E-state index in [2.05, 4.69) is 29.4 Å². The van der Waals surface area contributed by atoms with Crippen LogP contribution in [0.4, 0.5) is 0 Å². The van der Waals surface area contributed by atoms with Gasteiger partial charge in [-0.3, -0.25) is 4.79 Å². The van der Waals surface area contributed by atoms with Crippen LogP contribution in [0.5, 0.6) is 0 Å². The zero-order valence-electron chi connectivity index (χ0n) is 10.4. The summed E-state index contributed by atoms with van der Waals surface area (Å²) in [5.74, 6) is 0.893. The molecule has 1 fully saturated rings. The molecule has 1 aliphatic heterocycles. The van der Waals surface area contributed by atoms with Gasteiger partial charge in [-0.1, -0.05) is 0 Å². The Morgan fingerprint density at radius 1 is 1.47 bits per heavy atom. The Balaban J connectivity index is 1.99. The van der Waals surface area contributed by atoms with Crippen molar-refractivity contribution in [1.29, 1.82) is 0 Å². The Morgan fingerprint density at radius 2 is 2.18 bits per heavy atom. The van der Waals surface area contributed by atoms with Crippen LogP contribution in [-0.4, -0.2) is 51.8 Å². The van der Waals surface area contributed by atoms with Crippen molar-refractivity contribution in [3.05, 3.63) is 12.2 Å². The second kappa shape index (κ2) is 5.27. The summed E-state index contributed by atoms with van der Waals surface area (Å²) in [4.78, 5) is 13.9. The highest BCUT2D eigenvalue weighted by atomic mass is 16.2. The van der Waals surface area contributed by atoms with Crippen LogP contribution in [0.3, 0.4) is 0 Å². The monoisotopic (exact) mass is 237 g/mol. The Bertz CT molecular complexity index is 381. The van der Waals surface area contributed by atoms with Gasteiger partial charge in [-0.05, 0) is 13.8 Å². The molecule has 0 aromatic carbocycles. The van der Waals surface area contributed by atoms with Crippen LogP contribution < -0.4 is 5.32 Å². The van der Waals surface area contributed by atoms with E-state index in [1.54, 1.807) is 6.33 Å². The maximum absolute atomic E-state index is 12.1. The first-order valence-electron chi connectivity index (χ1n) is 6.05. The third-order valence-corrected chi connectivity index (χ3v) is 2.98. The van der Waals surface area contributed by atoms with E-state index in [0.29, 0.717) is 6.42 Å². The number of hydrogen-bond acceptors (Lipinski definition) is 4. The van der Waals surface area contributed by atoms with Crippen LogP contribution in [0.15, 0.2) is 6.33 Å². The van der Waals surface area contributed by atoms with Gasteiger partial charge in [0.1, 0.15) is 12.2 Å². The summed E-state index contributed by atoms with van der Waals surface area (Å²) in [6.07, 6.45) is 2.03. The summed E-state index contributed by atoms with van der Waals surface area (Å²) in [5, 5.41) is 11.1. The van der Waals surface area contributed by atoms with Gasteiger partial charge in [0.15, 0.2) is 0 Å². The summed E-state index contributed by atoms with van der Waals surface area (Å²) in [5.41, 5.74) is 0. The highest BCUT2D eigenvalue weighted by Gasteiger charge is 2.19. The first-order chi connectivity index (χ1) is 8.18. The van der Waals surface area contributed by atoms with Crippen LogP contribution in [-0.2, 0) is 11.2 Å². The molecule has 1 aromatic heterocycles. The zero-order valence-corrected chi connectivity index (χ0v) is 10.4. The normalized spacial score (nSPS) is 16.5. The second-order valence-electron chi connectivity index (χ2n) is 4.56. The molecular weight excluding hydrogens is 218 g/mol. The van der Waals surface area contributed by atoms with E-state index in [4.69, 9.17) is 0 Å². The van der Waals surface area contributed by atoms with Gasteiger partial charge in [0, 0.05) is 32.2 Å². The quantitative estimate of drug-likeness (QED) is 0.793. The Kier molecular flexibility index (Phi) is 3.73. The van der Waals surface area contributed by atoms with Gasteiger partial charge in [-0.25, -0.2) is 0 Å². The topological polar surface area (TPSA) is 63.1 Å². The summed E-state index contributed by atoms with van der Waals surface area (Å²) in [6, 6.07) is 0.288.